The molecule has 4 heteroatoms. The molecular weight excluding hydrogens is 220 g/mol. The van der Waals surface area contributed by atoms with Crippen molar-refractivity contribution < 1.29 is 4.79 Å². The fourth-order valence-corrected chi connectivity index (χ4v) is 2.97. The number of rotatable bonds is 4. The van der Waals surface area contributed by atoms with E-state index in [1.165, 1.54) is 0 Å². The van der Waals surface area contributed by atoms with Crippen LogP contribution in [0.25, 0.3) is 0 Å². The molecule has 0 aliphatic carbocycles. The number of pyridine rings is 1. The first kappa shape index (κ1) is 11.5. The monoisotopic (exact) mass is 236 g/mol. The number of nitrogens with zero attached hydrogens (tertiary/aromatic N) is 2. The van der Waals surface area contributed by atoms with Gasteiger partial charge in [-0.05, 0) is 18.6 Å². The fourth-order valence-electron chi connectivity index (χ4n) is 1.79. The van der Waals surface area contributed by atoms with E-state index < -0.39 is 0 Å². The SMILES string of the molecule is CCCCN1C(=O)CSC1c1ccccn1. The molecule has 1 aliphatic rings. The minimum atomic E-state index is 0.125. The molecule has 3 nitrogen and oxygen atoms in total. The Morgan fingerprint density at radius 3 is 3.12 bits per heavy atom. The van der Waals surface area contributed by atoms with E-state index in [1.807, 2.05) is 23.1 Å². The number of carbonyl (C=O) groups is 1. The van der Waals surface area contributed by atoms with Gasteiger partial charge in [-0.15, -0.1) is 11.8 Å². The third-order valence-electron chi connectivity index (χ3n) is 2.66. The molecule has 86 valence electrons. The summed E-state index contributed by atoms with van der Waals surface area (Å²) in [6.07, 6.45) is 3.97. The largest absolute Gasteiger partial charge is 0.324 e. The Balaban J connectivity index is 2.11. The molecule has 0 bridgehead atoms. The molecule has 0 spiro atoms. The van der Waals surface area contributed by atoms with E-state index in [0.717, 1.165) is 25.1 Å². The van der Waals surface area contributed by atoms with Crippen LogP contribution in [0.1, 0.15) is 30.8 Å². The Morgan fingerprint density at radius 2 is 2.44 bits per heavy atom. The van der Waals surface area contributed by atoms with Gasteiger partial charge in [-0.25, -0.2) is 0 Å². The summed E-state index contributed by atoms with van der Waals surface area (Å²) in [7, 11) is 0. The van der Waals surface area contributed by atoms with Crippen LogP contribution in [0.4, 0.5) is 0 Å². The summed E-state index contributed by atoms with van der Waals surface area (Å²) in [5, 5.41) is 0.125. The van der Waals surface area contributed by atoms with Crippen molar-refractivity contribution >= 4 is 17.7 Å². The Labute approximate surface area is 100 Å². The van der Waals surface area contributed by atoms with Crippen molar-refractivity contribution in [3.05, 3.63) is 30.1 Å². The first-order valence-corrected chi connectivity index (χ1v) is 6.70. The van der Waals surface area contributed by atoms with Crippen LogP contribution in [0.2, 0.25) is 0 Å². The number of hydrogen-bond acceptors (Lipinski definition) is 3. The van der Waals surface area contributed by atoms with Crippen molar-refractivity contribution in [2.75, 3.05) is 12.3 Å². The highest BCUT2D eigenvalue weighted by atomic mass is 32.2. The second kappa shape index (κ2) is 5.34. The van der Waals surface area contributed by atoms with Crippen molar-refractivity contribution in [3.63, 3.8) is 0 Å². The molecule has 0 saturated carbocycles. The quantitative estimate of drug-likeness (QED) is 0.805. The van der Waals surface area contributed by atoms with Crippen molar-refractivity contribution in [1.29, 1.82) is 0 Å². The molecule has 0 aromatic carbocycles. The summed E-state index contributed by atoms with van der Waals surface area (Å²) in [5.41, 5.74) is 0.995. The molecule has 2 rings (SSSR count). The van der Waals surface area contributed by atoms with Crippen LogP contribution in [0.15, 0.2) is 24.4 Å². The van der Waals surface area contributed by atoms with Gasteiger partial charge in [0, 0.05) is 12.7 Å². The number of amides is 1. The molecule has 1 aliphatic heterocycles. The van der Waals surface area contributed by atoms with E-state index in [1.54, 1.807) is 18.0 Å². The van der Waals surface area contributed by atoms with Gasteiger partial charge in [0.05, 0.1) is 11.4 Å². The van der Waals surface area contributed by atoms with Crippen molar-refractivity contribution in [2.24, 2.45) is 0 Å². The van der Waals surface area contributed by atoms with Crippen LogP contribution in [-0.4, -0.2) is 28.1 Å². The summed E-state index contributed by atoms with van der Waals surface area (Å²) in [5.74, 6) is 0.833. The normalized spacial score (nSPS) is 20.4. The van der Waals surface area contributed by atoms with Crippen LogP contribution >= 0.6 is 11.8 Å². The molecule has 1 saturated heterocycles. The van der Waals surface area contributed by atoms with Crippen LogP contribution in [0, 0.1) is 0 Å². The topological polar surface area (TPSA) is 33.2 Å². The van der Waals surface area contributed by atoms with E-state index in [0.29, 0.717) is 5.75 Å². The zero-order chi connectivity index (χ0) is 11.4. The second-order valence-corrected chi connectivity index (χ2v) is 4.93. The van der Waals surface area contributed by atoms with E-state index in [9.17, 15) is 4.79 Å². The van der Waals surface area contributed by atoms with Gasteiger partial charge in [0.2, 0.25) is 5.91 Å². The van der Waals surface area contributed by atoms with Crippen molar-refractivity contribution in [2.45, 2.75) is 25.1 Å². The lowest BCUT2D eigenvalue weighted by molar-refractivity contribution is -0.128. The molecule has 1 atom stereocenters. The maximum atomic E-state index is 11.7. The van der Waals surface area contributed by atoms with Gasteiger partial charge in [0.15, 0.2) is 0 Å². The van der Waals surface area contributed by atoms with Gasteiger partial charge in [0.25, 0.3) is 0 Å². The number of carbonyl (C=O) groups excluding carboxylic acids is 1. The van der Waals surface area contributed by atoms with Gasteiger partial charge in [-0.1, -0.05) is 19.4 Å². The van der Waals surface area contributed by atoms with E-state index in [4.69, 9.17) is 0 Å². The van der Waals surface area contributed by atoms with E-state index >= 15 is 0 Å². The van der Waals surface area contributed by atoms with Crippen molar-refractivity contribution in [3.8, 4) is 0 Å². The summed E-state index contributed by atoms with van der Waals surface area (Å²) in [4.78, 5) is 18.0. The van der Waals surface area contributed by atoms with Crippen LogP contribution in [0.5, 0.6) is 0 Å². The lowest BCUT2D eigenvalue weighted by Crippen LogP contribution is -2.29. The first-order valence-electron chi connectivity index (χ1n) is 5.65. The fraction of sp³-hybridized carbons (Fsp3) is 0.500. The summed E-state index contributed by atoms with van der Waals surface area (Å²) < 4.78 is 0. The number of thioether (sulfide) groups is 1. The lowest BCUT2D eigenvalue weighted by atomic mass is 10.2. The Kier molecular flexibility index (Phi) is 3.83. The third-order valence-corrected chi connectivity index (χ3v) is 3.89. The minimum Gasteiger partial charge on any atom is -0.324 e. The minimum absolute atomic E-state index is 0.125. The highest BCUT2D eigenvalue weighted by Crippen LogP contribution is 2.37. The maximum Gasteiger partial charge on any atom is 0.233 e. The highest BCUT2D eigenvalue weighted by molar-refractivity contribution is 8.00. The zero-order valence-corrected chi connectivity index (χ0v) is 10.2. The summed E-state index contributed by atoms with van der Waals surface area (Å²) in [6, 6.07) is 5.88. The van der Waals surface area contributed by atoms with E-state index in [-0.39, 0.29) is 11.3 Å². The third kappa shape index (κ3) is 2.38. The van der Waals surface area contributed by atoms with Gasteiger partial charge in [-0.2, -0.15) is 0 Å². The summed E-state index contributed by atoms with van der Waals surface area (Å²) in [6.45, 7) is 2.99. The zero-order valence-electron chi connectivity index (χ0n) is 9.43. The summed E-state index contributed by atoms with van der Waals surface area (Å²) >= 11 is 1.68. The molecule has 1 unspecified atom stereocenters. The van der Waals surface area contributed by atoms with Crippen LogP contribution in [0.3, 0.4) is 0 Å². The van der Waals surface area contributed by atoms with Crippen LogP contribution < -0.4 is 0 Å². The molecule has 1 aromatic rings. The molecule has 2 heterocycles. The van der Waals surface area contributed by atoms with Gasteiger partial charge < -0.3 is 4.90 Å². The van der Waals surface area contributed by atoms with Gasteiger partial charge in [-0.3, -0.25) is 9.78 Å². The smallest absolute Gasteiger partial charge is 0.233 e. The predicted molar refractivity (Wildman–Crippen MR) is 66.1 cm³/mol. The average Bonchev–Trinajstić information content (AvgIpc) is 2.69. The predicted octanol–water partition coefficient (Wildman–Crippen LogP) is 2.46. The number of unbranched alkanes of at least 4 members (excludes halogenated alkanes) is 1. The van der Waals surface area contributed by atoms with Gasteiger partial charge >= 0.3 is 0 Å². The molecule has 0 N–H and O–H groups in total. The standard InChI is InChI=1S/C12H16N2OS/c1-2-3-8-14-11(15)9-16-12(14)10-6-4-5-7-13-10/h4-7,12H,2-3,8-9H2,1H3. The highest BCUT2D eigenvalue weighted by Gasteiger charge is 2.32. The first-order chi connectivity index (χ1) is 7.83. The Bertz CT molecular complexity index is 355. The Hall–Kier alpha value is -1.03. The van der Waals surface area contributed by atoms with Crippen LogP contribution in [-0.2, 0) is 4.79 Å². The molecule has 0 radical (unpaired) electrons. The molecular formula is C12H16N2OS. The Morgan fingerprint density at radius 1 is 1.56 bits per heavy atom. The second-order valence-electron chi connectivity index (χ2n) is 3.86. The molecule has 1 aromatic heterocycles. The molecule has 1 fully saturated rings. The average molecular weight is 236 g/mol. The number of aromatic nitrogens is 1. The molecule has 1 amide bonds. The van der Waals surface area contributed by atoms with E-state index in [2.05, 4.69) is 11.9 Å². The van der Waals surface area contributed by atoms with Gasteiger partial charge in [0.1, 0.15) is 5.37 Å². The lowest BCUT2D eigenvalue weighted by Gasteiger charge is -2.23. The molecule has 16 heavy (non-hydrogen) atoms. The number of hydrogen-bond donors (Lipinski definition) is 0. The van der Waals surface area contributed by atoms with Crippen molar-refractivity contribution in [1.82, 2.24) is 9.88 Å². The maximum absolute atomic E-state index is 11.7.